The molecule has 0 fully saturated rings. The standard InChI is InChI=1S/C10H13NO3/c1-5-4-7(10(12)13)6(2)9(14-3)8(5)11/h4H,11H2,1-3H3,(H,12,13). The van der Waals surface area contributed by atoms with Crippen LogP contribution >= 0.6 is 0 Å². The van der Waals surface area contributed by atoms with Crippen molar-refractivity contribution in [2.45, 2.75) is 13.8 Å². The number of benzene rings is 1. The van der Waals surface area contributed by atoms with Gasteiger partial charge in [-0.3, -0.25) is 0 Å². The number of aromatic carboxylic acids is 1. The van der Waals surface area contributed by atoms with Crippen molar-refractivity contribution >= 4 is 11.7 Å². The molecule has 0 heterocycles. The van der Waals surface area contributed by atoms with Crippen LogP contribution in [-0.4, -0.2) is 18.2 Å². The van der Waals surface area contributed by atoms with Crippen molar-refractivity contribution in [3.05, 3.63) is 22.8 Å². The average Bonchev–Trinajstić information content (AvgIpc) is 2.12. The third-order valence-electron chi connectivity index (χ3n) is 2.21. The quantitative estimate of drug-likeness (QED) is 0.703. The number of carboxylic acids is 1. The van der Waals surface area contributed by atoms with Crippen LogP contribution in [0.2, 0.25) is 0 Å². The molecule has 0 unspecified atom stereocenters. The molecule has 0 aliphatic rings. The lowest BCUT2D eigenvalue weighted by Gasteiger charge is -2.12. The number of carbonyl (C=O) groups is 1. The Morgan fingerprint density at radius 1 is 1.50 bits per heavy atom. The van der Waals surface area contributed by atoms with E-state index < -0.39 is 5.97 Å². The molecule has 14 heavy (non-hydrogen) atoms. The first-order chi connectivity index (χ1) is 6.49. The number of anilines is 1. The Labute approximate surface area is 82.3 Å². The molecule has 0 bridgehead atoms. The molecule has 0 saturated carbocycles. The average molecular weight is 195 g/mol. The van der Waals surface area contributed by atoms with Gasteiger partial charge in [0.25, 0.3) is 0 Å². The highest BCUT2D eigenvalue weighted by Crippen LogP contribution is 2.31. The number of hydrogen-bond acceptors (Lipinski definition) is 3. The number of ether oxygens (including phenoxy) is 1. The number of aryl methyl sites for hydroxylation is 1. The van der Waals surface area contributed by atoms with E-state index in [2.05, 4.69) is 0 Å². The van der Waals surface area contributed by atoms with Gasteiger partial charge < -0.3 is 15.6 Å². The van der Waals surface area contributed by atoms with Gasteiger partial charge in [0.05, 0.1) is 18.4 Å². The van der Waals surface area contributed by atoms with E-state index >= 15 is 0 Å². The van der Waals surface area contributed by atoms with Crippen molar-refractivity contribution in [2.75, 3.05) is 12.8 Å². The van der Waals surface area contributed by atoms with Gasteiger partial charge in [-0.1, -0.05) is 0 Å². The summed E-state index contributed by atoms with van der Waals surface area (Å²) in [5, 5.41) is 8.90. The second-order valence-corrected chi connectivity index (χ2v) is 3.12. The molecule has 4 nitrogen and oxygen atoms in total. The number of nitrogens with two attached hydrogens (primary N) is 1. The molecule has 0 aliphatic carbocycles. The summed E-state index contributed by atoms with van der Waals surface area (Å²) >= 11 is 0. The third kappa shape index (κ3) is 1.51. The molecule has 3 N–H and O–H groups in total. The fraction of sp³-hybridized carbons (Fsp3) is 0.300. The molecule has 0 spiro atoms. The fourth-order valence-electron chi connectivity index (χ4n) is 1.39. The van der Waals surface area contributed by atoms with Crippen LogP contribution in [0, 0.1) is 13.8 Å². The minimum Gasteiger partial charge on any atom is -0.494 e. The number of carboxylic acid groups (broad SMARTS) is 1. The van der Waals surface area contributed by atoms with E-state index in [0.717, 1.165) is 0 Å². The van der Waals surface area contributed by atoms with Crippen molar-refractivity contribution in [1.82, 2.24) is 0 Å². The SMILES string of the molecule is COc1c(C)c(C(=O)O)cc(C)c1N. The maximum atomic E-state index is 10.9. The van der Waals surface area contributed by atoms with Gasteiger partial charge in [-0.05, 0) is 25.5 Å². The molecule has 0 radical (unpaired) electrons. The van der Waals surface area contributed by atoms with Crippen LogP contribution in [0.4, 0.5) is 5.69 Å². The molecular weight excluding hydrogens is 182 g/mol. The Balaban J connectivity index is 3.50. The van der Waals surface area contributed by atoms with Crippen LogP contribution < -0.4 is 10.5 Å². The van der Waals surface area contributed by atoms with E-state index in [1.165, 1.54) is 7.11 Å². The lowest BCUT2D eigenvalue weighted by Crippen LogP contribution is -2.05. The summed E-state index contributed by atoms with van der Waals surface area (Å²) in [6.07, 6.45) is 0. The second kappa shape index (κ2) is 3.57. The van der Waals surface area contributed by atoms with Gasteiger partial charge in [0, 0.05) is 5.56 Å². The van der Waals surface area contributed by atoms with E-state index in [0.29, 0.717) is 22.6 Å². The van der Waals surface area contributed by atoms with Crippen molar-refractivity contribution in [3.63, 3.8) is 0 Å². The highest BCUT2D eigenvalue weighted by Gasteiger charge is 2.15. The van der Waals surface area contributed by atoms with Gasteiger partial charge in [0.15, 0.2) is 0 Å². The summed E-state index contributed by atoms with van der Waals surface area (Å²) in [6, 6.07) is 1.55. The van der Waals surface area contributed by atoms with Crippen LogP contribution in [0.1, 0.15) is 21.5 Å². The molecule has 0 aliphatic heterocycles. The van der Waals surface area contributed by atoms with Gasteiger partial charge in [0.2, 0.25) is 0 Å². The molecule has 0 atom stereocenters. The zero-order valence-corrected chi connectivity index (χ0v) is 8.42. The summed E-state index contributed by atoms with van der Waals surface area (Å²) in [5.74, 6) is -0.522. The van der Waals surface area contributed by atoms with Gasteiger partial charge in [-0.2, -0.15) is 0 Å². The first-order valence-corrected chi connectivity index (χ1v) is 4.16. The van der Waals surface area contributed by atoms with E-state index in [1.54, 1.807) is 19.9 Å². The van der Waals surface area contributed by atoms with Crippen LogP contribution in [0.3, 0.4) is 0 Å². The Kier molecular flexibility index (Phi) is 2.65. The van der Waals surface area contributed by atoms with Crippen molar-refractivity contribution in [1.29, 1.82) is 0 Å². The Morgan fingerprint density at radius 3 is 2.50 bits per heavy atom. The molecule has 4 heteroatoms. The zero-order chi connectivity index (χ0) is 10.9. The third-order valence-corrected chi connectivity index (χ3v) is 2.21. The van der Waals surface area contributed by atoms with E-state index in [9.17, 15) is 4.79 Å². The Bertz CT molecular complexity index is 385. The minimum absolute atomic E-state index is 0.230. The molecule has 1 aromatic carbocycles. The molecular formula is C10H13NO3. The maximum Gasteiger partial charge on any atom is 0.336 e. The van der Waals surface area contributed by atoms with Gasteiger partial charge >= 0.3 is 5.97 Å². The van der Waals surface area contributed by atoms with Crippen LogP contribution in [0.15, 0.2) is 6.07 Å². The topological polar surface area (TPSA) is 72.5 Å². The van der Waals surface area contributed by atoms with Gasteiger partial charge in [-0.15, -0.1) is 0 Å². The minimum atomic E-state index is -0.969. The lowest BCUT2D eigenvalue weighted by atomic mass is 10.0. The number of nitrogen functional groups attached to an aromatic ring is 1. The van der Waals surface area contributed by atoms with Crippen molar-refractivity contribution < 1.29 is 14.6 Å². The summed E-state index contributed by atoms with van der Waals surface area (Å²) in [4.78, 5) is 10.9. The molecule has 1 rings (SSSR count). The largest absolute Gasteiger partial charge is 0.494 e. The van der Waals surface area contributed by atoms with E-state index in [4.69, 9.17) is 15.6 Å². The maximum absolute atomic E-state index is 10.9. The number of rotatable bonds is 2. The molecule has 0 aromatic heterocycles. The highest BCUT2D eigenvalue weighted by molar-refractivity contribution is 5.92. The predicted molar refractivity (Wildman–Crippen MR) is 53.8 cm³/mol. The predicted octanol–water partition coefficient (Wildman–Crippen LogP) is 1.59. The van der Waals surface area contributed by atoms with Crippen LogP contribution in [0.5, 0.6) is 5.75 Å². The van der Waals surface area contributed by atoms with Crippen LogP contribution in [-0.2, 0) is 0 Å². The summed E-state index contributed by atoms with van der Waals surface area (Å²) < 4.78 is 5.06. The van der Waals surface area contributed by atoms with E-state index in [1.807, 2.05) is 0 Å². The van der Waals surface area contributed by atoms with Crippen molar-refractivity contribution in [2.24, 2.45) is 0 Å². The van der Waals surface area contributed by atoms with E-state index in [-0.39, 0.29) is 5.56 Å². The first-order valence-electron chi connectivity index (χ1n) is 4.16. The highest BCUT2D eigenvalue weighted by atomic mass is 16.5. The molecule has 1 aromatic rings. The second-order valence-electron chi connectivity index (χ2n) is 3.12. The normalized spacial score (nSPS) is 9.93. The number of hydrogen-bond donors (Lipinski definition) is 2. The molecule has 0 saturated heterocycles. The lowest BCUT2D eigenvalue weighted by molar-refractivity contribution is 0.0695. The molecule has 0 amide bonds. The monoisotopic (exact) mass is 195 g/mol. The Hall–Kier alpha value is -1.71. The molecule has 76 valence electrons. The Morgan fingerprint density at radius 2 is 2.07 bits per heavy atom. The summed E-state index contributed by atoms with van der Waals surface area (Å²) in [7, 11) is 1.48. The first kappa shape index (κ1) is 10.4. The van der Waals surface area contributed by atoms with Gasteiger partial charge in [-0.25, -0.2) is 4.79 Å². The van der Waals surface area contributed by atoms with Crippen LogP contribution in [0.25, 0.3) is 0 Å². The summed E-state index contributed by atoms with van der Waals surface area (Å²) in [6.45, 7) is 3.43. The van der Waals surface area contributed by atoms with Crippen molar-refractivity contribution in [3.8, 4) is 5.75 Å². The fourth-order valence-corrected chi connectivity index (χ4v) is 1.39. The zero-order valence-electron chi connectivity index (χ0n) is 8.42. The smallest absolute Gasteiger partial charge is 0.336 e. The number of methoxy groups -OCH3 is 1. The summed E-state index contributed by atoms with van der Waals surface area (Å²) in [5.41, 5.74) is 7.74. The van der Waals surface area contributed by atoms with Gasteiger partial charge in [0.1, 0.15) is 5.75 Å².